The zero-order chi connectivity index (χ0) is 21.7. The number of hydrogen-bond donors (Lipinski definition) is 1. The monoisotopic (exact) mass is 653 g/mol. The van der Waals surface area contributed by atoms with Crippen LogP contribution in [0.2, 0.25) is 0 Å². The van der Waals surface area contributed by atoms with Crippen molar-refractivity contribution in [1.82, 2.24) is 4.98 Å². The van der Waals surface area contributed by atoms with Crippen LogP contribution in [0.25, 0.3) is 0 Å². The molecule has 0 amide bonds. The van der Waals surface area contributed by atoms with E-state index in [4.69, 9.17) is 4.74 Å². The van der Waals surface area contributed by atoms with E-state index in [2.05, 4.69) is 70.0 Å². The van der Waals surface area contributed by atoms with Gasteiger partial charge < -0.3 is 4.74 Å². The quantitative estimate of drug-likeness (QED) is 0.173. The zero-order valence-electron chi connectivity index (χ0n) is 15.1. The highest BCUT2D eigenvalue weighted by Crippen LogP contribution is 2.35. The van der Waals surface area contributed by atoms with Crippen molar-refractivity contribution in [2.75, 3.05) is 5.43 Å². The molecule has 0 spiro atoms. The van der Waals surface area contributed by atoms with E-state index in [1.54, 1.807) is 0 Å². The summed E-state index contributed by atoms with van der Waals surface area (Å²) < 4.78 is 46.2. The third-order valence-electron chi connectivity index (χ3n) is 3.80. The van der Waals surface area contributed by atoms with Crippen molar-refractivity contribution in [1.29, 1.82) is 0 Å². The van der Waals surface area contributed by atoms with Gasteiger partial charge in [-0.05, 0) is 102 Å². The van der Waals surface area contributed by atoms with E-state index in [9.17, 15) is 13.2 Å². The molecule has 2 aromatic carbocycles. The number of halogens is 6. The van der Waals surface area contributed by atoms with E-state index in [-0.39, 0.29) is 5.82 Å². The van der Waals surface area contributed by atoms with Crippen LogP contribution in [0.4, 0.5) is 19.0 Å². The van der Waals surface area contributed by atoms with Crippen molar-refractivity contribution in [3.8, 4) is 5.75 Å². The number of nitrogens with one attached hydrogen (secondary N) is 1. The first kappa shape index (κ1) is 23.0. The summed E-state index contributed by atoms with van der Waals surface area (Å²) in [6.07, 6.45) is -2.14. The number of rotatable bonds is 6. The van der Waals surface area contributed by atoms with E-state index >= 15 is 0 Å². The Balaban J connectivity index is 1.63. The van der Waals surface area contributed by atoms with Gasteiger partial charge in [0.15, 0.2) is 0 Å². The molecule has 0 unspecified atom stereocenters. The highest BCUT2D eigenvalue weighted by atomic mass is 127. The lowest BCUT2D eigenvalue weighted by Crippen LogP contribution is -2.05. The van der Waals surface area contributed by atoms with Gasteiger partial charge in [0, 0.05) is 9.77 Å². The van der Waals surface area contributed by atoms with E-state index in [1.165, 1.54) is 12.3 Å². The molecule has 10 heteroatoms. The van der Waals surface area contributed by atoms with E-state index in [0.29, 0.717) is 12.4 Å². The Hall–Kier alpha value is -1.66. The molecule has 0 fully saturated rings. The second-order valence-corrected chi connectivity index (χ2v) is 8.98. The first-order valence-corrected chi connectivity index (χ1v) is 11.1. The Morgan fingerprint density at radius 1 is 1.07 bits per heavy atom. The van der Waals surface area contributed by atoms with Gasteiger partial charge in [-0.15, -0.1) is 0 Å². The van der Waals surface area contributed by atoms with Crippen molar-refractivity contribution < 1.29 is 17.9 Å². The highest BCUT2D eigenvalue weighted by molar-refractivity contribution is 14.1. The van der Waals surface area contributed by atoms with Crippen molar-refractivity contribution in [2.45, 2.75) is 12.8 Å². The molecule has 0 saturated carbocycles. The van der Waals surface area contributed by atoms with E-state index in [0.717, 1.165) is 35.9 Å². The van der Waals surface area contributed by atoms with Crippen molar-refractivity contribution in [2.24, 2.45) is 5.10 Å². The minimum Gasteiger partial charge on any atom is -0.487 e. The fourth-order valence-corrected chi connectivity index (χ4v) is 4.14. The summed E-state index contributed by atoms with van der Waals surface area (Å²) in [6, 6.07) is 13.8. The summed E-state index contributed by atoms with van der Waals surface area (Å²) in [6.45, 7) is 0.419. The normalized spacial score (nSPS) is 11.7. The first-order chi connectivity index (χ1) is 14.2. The Bertz CT molecular complexity index is 1020. The number of alkyl halides is 3. The van der Waals surface area contributed by atoms with Crippen molar-refractivity contribution in [3.05, 3.63) is 83.9 Å². The van der Waals surface area contributed by atoms with Gasteiger partial charge in [0.05, 0.1) is 20.7 Å². The Labute approximate surface area is 201 Å². The molecule has 0 bridgehead atoms. The SMILES string of the molecule is FC(F)(F)c1ccc(N/N=C\c2cc(Br)c(OCc3ccc(I)cc3)c(Br)c2)nc1. The molecule has 0 aliphatic heterocycles. The largest absolute Gasteiger partial charge is 0.487 e. The second-order valence-electron chi connectivity index (χ2n) is 6.03. The lowest BCUT2D eigenvalue weighted by molar-refractivity contribution is -0.137. The molecule has 0 aliphatic rings. The number of nitrogens with zero attached hydrogens (tertiary/aromatic N) is 2. The molecule has 1 heterocycles. The molecule has 156 valence electrons. The van der Waals surface area contributed by atoms with Gasteiger partial charge in [0.2, 0.25) is 0 Å². The second kappa shape index (κ2) is 10.1. The van der Waals surface area contributed by atoms with E-state index < -0.39 is 11.7 Å². The van der Waals surface area contributed by atoms with Gasteiger partial charge in [-0.1, -0.05) is 12.1 Å². The molecule has 0 radical (unpaired) electrons. The van der Waals surface area contributed by atoms with Crippen LogP contribution >= 0.6 is 54.5 Å². The predicted molar refractivity (Wildman–Crippen MR) is 126 cm³/mol. The third kappa shape index (κ3) is 6.42. The average Bonchev–Trinajstić information content (AvgIpc) is 2.68. The topological polar surface area (TPSA) is 46.5 Å². The van der Waals surface area contributed by atoms with Gasteiger partial charge in [0.1, 0.15) is 18.2 Å². The minimum absolute atomic E-state index is 0.204. The molecule has 4 nitrogen and oxygen atoms in total. The van der Waals surface area contributed by atoms with Gasteiger partial charge in [-0.25, -0.2) is 4.98 Å². The maximum absolute atomic E-state index is 12.6. The molecule has 1 N–H and O–H groups in total. The molecule has 0 aliphatic carbocycles. The van der Waals surface area contributed by atoms with Crippen LogP contribution in [0.1, 0.15) is 16.7 Å². The maximum atomic E-state index is 12.6. The lowest BCUT2D eigenvalue weighted by Gasteiger charge is -2.11. The van der Waals surface area contributed by atoms with Crippen LogP contribution in [0.5, 0.6) is 5.75 Å². The molecule has 1 aromatic heterocycles. The fraction of sp³-hybridized carbons (Fsp3) is 0.100. The molecule has 0 saturated heterocycles. The highest BCUT2D eigenvalue weighted by Gasteiger charge is 2.30. The lowest BCUT2D eigenvalue weighted by atomic mass is 10.2. The molecule has 30 heavy (non-hydrogen) atoms. The van der Waals surface area contributed by atoms with Crippen LogP contribution in [-0.4, -0.2) is 11.2 Å². The molecule has 3 rings (SSSR count). The number of anilines is 1. The Kier molecular flexibility index (Phi) is 7.75. The summed E-state index contributed by atoms with van der Waals surface area (Å²) >= 11 is 9.23. The van der Waals surface area contributed by atoms with Gasteiger partial charge in [0.25, 0.3) is 0 Å². The zero-order valence-corrected chi connectivity index (χ0v) is 20.4. The predicted octanol–water partition coefficient (Wildman–Crippen LogP) is 7.26. The van der Waals surface area contributed by atoms with E-state index in [1.807, 2.05) is 36.4 Å². The number of pyridine rings is 1. The number of hydrazone groups is 1. The number of benzene rings is 2. The molecular weight excluding hydrogens is 642 g/mol. The summed E-state index contributed by atoms with van der Waals surface area (Å²) in [7, 11) is 0. The standard InChI is InChI=1S/C20H13Br2F3IN3O/c21-16-7-13(9-28-29-18-6-3-14(10-27-18)20(23,24)25)8-17(22)19(16)30-11-12-1-4-15(26)5-2-12/h1-10H,11H2,(H,27,29)/b28-9-. The van der Waals surface area contributed by atoms with Gasteiger partial charge in [-0.3, -0.25) is 5.43 Å². The van der Waals surface area contributed by atoms with Gasteiger partial charge in [-0.2, -0.15) is 18.3 Å². The fourth-order valence-electron chi connectivity index (χ4n) is 2.33. The Morgan fingerprint density at radius 3 is 2.30 bits per heavy atom. The van der Waals surface area contributed by atoms with Crippen molar-refractivity contribution >= 4 is 66.5 Å². The number of ether oxygens (including phenoxy) is 1. The van der Waals surface area contributed by atoms with Crippen LogP contribution in [0, 0.1) is 3.57 Å². The molecular formula is C20H13Br2F3IN3O. The summed E-state index contributed by atoms with van der Waals surface area (Å²) in [5, 5.41) is 4.02. The number of aromatic nitrogens is 1. The summed E-state index contributed by atoms with van der Waals surface area (Å²) in [4.78, 5) is 3.70. The smallest absolute Gasteiger partial charge is 0.417 e. The van der Waals surface area contributed by atoms with Crippen LogP contribution < -0.4 is 10.2 Å². The van der Waals surface area contributed by atoms with Crippen LogP contribution in [0.3, 0.4) is 0 Å². The maximum Gasteiger partial charge on any atom is 0.417 e. The van der Waals surface area contributed by atoms with Crippen LogP contribution in [0.15, 0.2) is 68.8 Å². The third-order valence-corrected chi connectivity index (χ3v) is 5.70. The molecule has 0 atom stereocenters. The Morgan fingerprint density at radius 2 is 1.73 bits per heavy atom. The average molecular weight is 655 g/mol. The minimum atomic E-state index is -4.42. The first-order valence-electron chi connectivity index (χ1n) is 8.41. The molecule has 3 aromatic rings. The van der Waals surface area contributed by atoms with Crippen LogP contribution in [-0.2, 0) is 12.8 Å². The van der Waals surface area contributed by atoms with Crippen molar-refractivity contribution in [3.63, 3.8) is 0 Å². The number of hydrogen-bond acceptors (Lipinski definition) is 4. The summed E-state index contributed by atoms with van der Waals surface area (Å²) in [5.41, 5.74) is 3.59. The summed E-state index contributed by atoms with van der Waals surface area (Å²) in [5.74, 6) is 0.859. The van der Waals surface area contributed by atoms with Gasteiger partial charge >= 0.3 is 6.18 Å².